The molecule has 10 heteroatoms. The van der Waals surface area contributed by atoms with Crippen LogP contribution >= 0.6 is 31.9 Å². The lowest BCUT2D eigenvalue weighted by molar-refractivity contribution is -0.422. The Bertz CT molecular complexity index is 1560. The molecule has 0 spiro atoms. The van der Waals surface area contributed by atoms with E-state index >= 15 is 0 Å². The summed E-state index contributed by atoms with van der Waals surface area (Å²) >= 11 is 6.94. The summed E-state index contributed by atoms with van der Waals surface area (Å²) in [5, 5.41) is 23.9. The van der Waals surface area contributed by atoms with Crippen LogP contribution in [-0.2, 0) is 25.9 Å². The molecule has 2 aliphatic rings. The lowest BCUT2D eigenvalue weighted by atomic mass is 10.1. The highest BCUT2D eigenvalue weighted by Gasteiger charge is 2.22. The van der Waals surface area contributed by atoms with Crippen LogP contribution in [0.2, 0.25) is 0 Å². The fourth-order valence-electron chi connectivity index (χ4n) is 5.52. The number of halogens is 2. The zero-order valence-corrected chi connectivity index (χ0v) is 24.2. The van der Waals surface area contributed by atoms with Crippen LogP contribution in [-0.4, -0.2) is 19.0 Å². The first-order chi connectivity index (χ1) is 18.2. The Kier molecular flexibility index (Phi) is 7.28. The van der Waals surface area contributed by atoms with Crippen LogP contribution in [0.4, 0.5) is 0 Å². The summed E-state index contributed by atoms with van der Waals surface area (Å²) in [7, 11) is 0. The fraction of sp³-hybridized carbons (Fsp3) is 0.286. The molecule has 4 heterocycles. The molecular weight excluding hydrogens is 616 g/mol. The SMILES string of the molecule is CC(=Cc1c2n(c3ccc(Br)cc13)CCC2)[N+](=O)[O-].CC(=Cc1c2n(c3ccc(Br)cc13)CCC2)[N+](=O)[O-]. The molecule has 2 aromatic heterocycles. The van der Waals surface area contributed by atoms with Crippen molar-refractivity contribution in [1.29, 1.82) is 0 Å². The average molecular weight is 642 g/mol. The van der Waals surface area contributed by atoms with Crippen molar-refractivity contribution in [3.8, 4) is 0 Å². The second-order valence-electron chi connectivity index (χ2n) is 9.64. The van der Waals surface area contributed by atoms with E-state index in [-0.39, 0.29) is 21.2 Å². The Morgan fingerprint density at radius 2 is 1.16 bits per heavy atom. The normalized spacial score (nSPS) is 14.9. The van der Waals surface area contributed by atoms with Gasteiger partial charge in [0.1, 0.15) is 0 Å². The van der Waals surface area contributed by atoms with Gasteiger partial charge in [-0.3, -0.25) is 20.2 Å². The number of fused-ring (bicyclic) bond motifs is 6. The molecule has 196 valence electrons. The summed E-state index contributed by atoms with van der Waals surface area (Å²) in [6, 6.07) is 12.3. The first-order valence-electron chi connectivity index (χ1n) is 12.4. The van der Waals surface area contributed by atoms with Gasteiger partial charge in [-0.1, -0.05) is 31.9 Å². The molecule has 0 unspecified atom stereocenters. The van der Waals surface area contributed by atoms with E-state index < -0.39 is 0 Å². The Morgan fingerprint density at radius 1 is 0.763 bits per heavy atom. The van der Waals surface area contributed by atoms with Crippen molar-refractivity contribution < 1.29 is 9.85 Å². The highest BCUT2D eigenvalue weighted by molar-refractivity contribution is 9.10. The van der Waals surface area contributed by atoms with Crippen LogP contribution in [0.5, 0.6) is 0 Å². The Hall–Kier alpha value is -3.24. The maximum absolute atomic E-state index is 10.8. The molecule has 0 N–H and O–H groups in total. The predicted molar refractivity (Wildman–Crippen MR) is 157 cm³/mol. The minimum Gasteiger partial charge on any atom is -0.344 e. The highest BCUT2D eigenvalue weighted by atomic mass is 79.9. The van der Waals surface area contributed by atoms with Crippen LogP contribution < -0.4 is 0 Å². The van der Waals surface area contributed by atoms with Gasteiger partial charge in [0.15, 0.2) is 0 Å². The van der Waals surface area contributed by atoms with Gasteiger partial charge < -0.3 is 9.13 Å². The van der Waals surface area contributed by atoms with Crippen molar-refractivity contribution >= 4 is 65.8 Å². The van der Waals surface area contributed by atoms with E-state index in [0.717, 1.165) is 80.7 Å². The van der Waals surface area contributed by atoms with Crippen LogP contribution in [0.15, 0.2) is 56.7 Å². The third kappa shape index (κ3) is 4.82. The third-order valence-corrected chi connectivity index (χ3v) is 8.21. The topological polar surface area (TPSA) is 96.1 Å². The van der Waals surface area contributed by atoms with Crippen molar-refractivity contribution in [3.63, 3.8) is 0 Å². The predicted octanol–water partition coefficient (Wildman–Crippen LogP) is 7.98. The Balaban J connectivity index is 0.000000155. The number of rotatable bonds is 4. The van der Waals surface area contributed by atoms with E-state index in [1.165, 1.54) is 11.4 Å². The molecule has 0 bridgehead atoms. The number of aromatic nitrogens is 2. The monoisotopic (exact) mass is 640 g/mol. The molecule has 6 rings (SSSR count). The van der Waals surface area contributed by atoms with Crippen LogP contribution in [0.1, 0.15) is 49.2 Å². The molecule has 2 aromatic carbocycles. The number of nitrogens with zero attached hydrogens (tertiary/aromatic N) is 4. The molecule has 8 nitrogen and oxygen atoms in total. The Labute approximate surface area is 236 Å². The highest BCUT2D eigenvalue weighted by Crippen LogP contribution is 2.36. The number of benzene rings is 2. The zero-order valence-electron chi connectivity index (χ0n) is 21.0. The zero-order chi connectivity index (χ0) is 27.1. The van der Waals surface area contributed by atoms with Gasteiger partial charge in [0, 0.05) is 92.4 Å². The number of hydrogen-bond donors (Lipinski definition) is 0. The lowest BCUT2D eigenvalue weighted by Crippen LogP contribution is -1.94. The number of nitro groups is 2. The molecule has 0 aliphatic carbocycles. The van der Waals surface area contributed by atoms with Crippen LogP contribution in [0, 0.1) is 20.2 Å². The summed E-state index contributed by atoms with van der Waals surface area (Å²) in [6.45, 7) is 5.09. The Morgan fingerprint density at radius 3 is 1.53 bits per heavy atom. The van der Waals surface area contributed by atoms with E-state index in [1.807, 2.05) is 24.3 Å². The maximum atomic E-state index is 10.8. The molecule has 0 saturated heterocycles. The van der Waals surface area contributed by atoms with Gasteiger partial charge in [-0.25, -0.2) is 0 Å². The summed E-state index contributed by atoms with van der Waals surface area (Å²) in [6.07, 6.45) is 7.60. The molecule has 2 aliphatic heterocycles. The van der Waals surface area contributed by atoms with Gasteiger partial charge in [0.2, 0.25) is 11.4 Å². The van der Waals surface area contributed by atoms with Crippen molar-refractivity contribution in [2.45, 2.75) is 52.6 Å². The minimum absolute atomic E-state index is 0.183. The first-order valence-corrected chi connectivity index (χ1v) is 14.0. The second-order valence-corrected chi connectivity index (χ2v) is 11.5. The molecule has 0 fully saturated rings. The maximum Gasteiger partial charge on any atom is 0.243 e. The second kappa shape index (κ2) is 10.5. The van der Waals surface area contributed by atoms with Gasteiger partial charge in [-0.2, -0.15) is 0 Å². The molecule has 0 atom stereocenters. The van der Waals surface area contributed by atoms with Crippen molar-refractivity contribution in [2.75, 3.05) is 0 Å². The van der Waals surface area contributed by atoms with E-state index in [1.54, 1.807) is 26.0 Å². The largest absolute Gasteiger partial charge is 0.344 e. The minimum atomic E-state index is -0.331. The van der Waals surface area contributed by atoms with E-state index in [4.69, 9.17) is 0 Å². The average Bonchev–Trinajstić information content (AvgIpc) is 3.64. The summed E-state index contributed by atoms with van der Waals surface area (Å²) < 4.78 is 6.55. The van der Waals surface area contributed by atoms with Gasteiger partial charge in [0.05, 0.1) is 9.85 Å². The van der Waals surface area contributed by atoms with Crippen LogP contribution in [0.25, 0.3) is 34.0 Å². The van der Waals surface area contributed by atoms with Gasteiger partial charge in [-0.15, -0.1) is 0 Å². The molecular formula is C28H26Br2N4O4. The van der Waals surface area contributed by atoms with Crippen LogP contribution in [0.3, 0.4) is 0 Å². The number of aryl methyl sites for hydroxylation is 2. The third-order valence-electron chi connectivity index (χ3n) is 7.23. The quantitative estimate of drug-likeness (QED) is 0.167. The molecule has 0 saturated carbocycles. The van der Waals surface area contributed by atoms with E-state index in [9.17, 15) is 20.2 Å². The van der Waals surface area contributed by atoms with Crippen molar-refractivity contribution in [2.24, 2.45) is 0 Å². The van der Waals surface area contributed by atoms with Gasteiger partial charge in [0.25, 0.3) is 0 Å². The summed E-state index contributed by atoms with van der Waals surface area (Å²) in [5.41, 5.74) is 7.13. The number of hydrogen-bond acceptors (Lipinski definition) is 4. The molecule has 0 amide bonds. The smallest absolute Gasteiger partial charge is 0.243 e. The first kappa shape index (κ1) is 26.4. The van der Waals surface area contributed by atoms with Crippen molar-refractivity contribution in [3.05, 3.63) is 99.5 Å². The standard InChI is InChI=1S/2C14H13BrN2O2/c2*1-9(17(18)19)7-11-12-8-10(15)4-5-14(12)16-6-2-3-13(11)16/h2*4-5,7-8H,2-3,6H2,1H3. The molecule has 38 heavy (non-hydrogen) atoms. The summed E-state index contributed by atoms with van der Waals surface area (Å²) in [5.74, 6) is 0. The lowest BCUT2D eigenvalue weighted by Gasteiger charge is -1.99. The fourth-order valence-corrected chi connectivity index (χ4v) is 6.24. The number of allylic oxidation sites excluding steroid dienone is 2. The molecule has 0 radical (unpaired) electrons. The summed E-state index contributed by atoms with van der Waals surface area (Å²) in [4.78, 5) is 21.0. The van der Waals surface area contributed by atoms with E-state index in [2.05, 4.69) is 53.1 Å². The van der Waals surface area contributed by atoms with Crippen molar-refractivity contribution in [1.82, 2.24) is 9.13 Å². The van der Waals surface area contributed by atoms with Gasteiger partial charge in [-0.05, 0) is 62.1 Å². The van der Waals surface area contributed by atoms with E-state index in [0.29, 0.717) is 0 Å². The van der Waals surface area contributed by atoms with Gasteiger partial charge >= 0.3 is 0 Å². The molecule has 4 aromatic rings.